The zero-order valence-electron chi connectivity index (χ0n) is 10.4. The van der Waals surface area contributed by atoms with Crippen LogP contribution in [0.4, 0.5) is 0 Å². The Morgan fingerprint density at radius 2 is 1.89 bits per heavy atom. The van der Waals surface area contributed by atoms with E-state index in [0.29, 0.717) is 0 Å². The number of ether oxygens (including phenoxy) is 1. The van der Waals surface area contributed by atoms with Crippen LogP contribution in [0.15, 0.2) is 24.8 Å². The van der Waals surface area contributed by atoms with Gasteiger partial charge >= 0.3 is 16.1 Å². The fourth-order valence-electron chi connectivity index (χ4n) is 1.44. The molecule has 0 aliphatic carbocycles. The summed E-state index contributed by atoms with van der Waals surface area (Å²) in [5.74, 6) is -0.408. The summed E-state index contributed by atoms with van der Waals surface area (Å²) in [6.45, 7) is 7.52. The van der Waals surface area contributed by atoms with Crippen LogP contribution in [0.5, 0.6) is 5.75 Å². The molecule has 1 aliphatic heterocycles. The fraction of sp³-hybridized carbons (Fsp3) is 0.250. The Labute approximate surface area is 106 Å². The van der Waals surface area contributed by atoms with E-state index in [1.807, 2.05) is 13.8 Å². The lowest BCUT2D eigenvalue weighted by Crippen LogP contribution is -2.07. The maximum absolute atomic E-state index is 11.3. The van der Waals surface area contributed by atoms with Gasteiger partial charge < -0.3 is 8.92 Å². The van der Waals surface area contributed by atoms with Crippen LogP contribution >= 0.6 is 0 Å². The first-order chi connectivity index (χ1) is 8.38. The van der Waals surface area contributed by atoms with Crippen molar-refractivity contribution in [2.75, 3.05) is 6.26 Å². The largest absolute Gasteiger partial charge is 0.423 e. The first-order valence-electron chi connectivity index (χ1n) is 5.32. The van der Waals surface area contributed by atoms with Crippen LogP contribution in [-0.4, -0.2) is 20.6 Å². The summed E-state index contributed by atoms with van der Waals surface area (Å²) >= 11 is 0. The minimum Gasteiger partial charge on any atom is -0.423 e. The molecule has 0 saturated carbocycles. The average molecular weight is 270 g/mol. The summed E-state index contributed by atoms with van der Waals surface area (Å²) in [6.07, 6.45) is 0.923. The van der Waals surface area contributed by atoms with Crippen molar-refractivity contribution in [3.63, 3.8) is 0 Å². The summed E-state index contributed by atoms with van der Waals surface area (Å²) in [4.78, 5) is 11.3. The van der Waals surface area contributed by atoms with Gasteiger partial charge in [0, 0.05) is 0 Å². The van der Waals surface area contributed by atoms with Gasteiger partial charge in [-0.1, -0.05) is 26.5 Å². The van der Waals surface area contributed by atoms with Crippen LogP contribution < -0.4 is 4.18 Å². The average Bonchev–Trinajstić information content (AvgIpc) is 2.56. The number of esters is 1. The molecule has 0 unspecified atom stereocenters. The smallest absolute Gasteiger partial charge is 0.344 e. The molecule has 0 spiro atoms. The van der Waals surface area contributed by atoms with Gasteiger partial charge in [0.15, 0.2) is 5.75 Å². The SMILES string of the molecule is C=C1OC(=O)c2cccc(OS(C)(=O)=O)c21.CC. The van der Waals surface area contributed by atoms with Gasteiger partial charge in [0.25, 0.3) is 0 Å². The van der Waals surface area contributed by atoms with Gasteiger partial charge in [0.1, 0.15) is 5.76 Å². The van der Waals surface area contributed by atoms with Gasteiger partial charge in [-0.15, -0.1) is 0 Å². The van der Waals surface area contributed by atoms with Gasteiger partial charge in [-0.3, -0.25) is 0 Å². The lowest BCUT2D eigenvalue weighted by atomic mass is 10.1. The van der Waals surface area contributed by atoms with E-state index in [-0.39, 0.29) is 22.6 Å². The molecule has 1 aliphatic rings. The number of hydrogen-bond donors (Lipinski definition) is 0. The van der Waals surface area contributed by atoms with E-state index in [4.69, 9.17) is 8.92 Å². The number of carbonyl (C=O) groups is 1. The number of fused-ring (bicyclic) bond motifs is 1. The number of carbonyl (C=O) groups excluding carboxylic acids is 1. The molecule has 0 bridgehead atoms. The first-order valence-corrected chi connectivity index (χ1v) is 7.14. The number of cyclic esters (lactones) is 1. The Morgan fingerprint density at radius 3 is 2.44 bits per heavy atom. The minimum absolute atomic E-state index is 0.0517. The summed E-state index contributed by atoms with van der Waals surface area (Å²) in [6, 6.07) is 4.47. The zero-order chi connectivity index (χ0) is 13.9. The quantitative estimate of drug-likeness (QED) is 0.608. The molecule has 0 amide bonds. The van der Waals surface area contributed by atoms with Crippen molar-refractivity contribution < 1.29 is 22.1 Å². The van der Waals surface area contributed by atoms with Gasteiger partial charge in [0.2, 0.25) is 0 Å². The maximum atomic E-state index is 11.3. The monoisotopic (exact) mass is 270 g/mol. The summed E-state index contributed by atoms with van der Waals surface area (Å²) in [5.41, 5.74) is 0.545. The molecule has 6 heteroatoms. The van der Waals surface area contributed by atoms with Crippen molar-refractivity contribution >= 4 is 21.8 Å². The molecule has 5 nitrogen and oxygen atoms in total. The Bertz CT molecular complexity index is 586. The van der Waals surface area contributed by atoms with E-state index in [2.05, 4.69) is 6.58 Å². The summed E-state index contributed by atoms with van der Waals surface area (Å²) in [5, 5.41) is 0. The predicted molar refractivity (Wildman–Crippen MR) is 67.7 cm³/mol. The lowest BCUT2D eigenvalue weighted by molar-refractivity contribution is 0.0716. The standard InChI is InChI=1S/C10H8O5S.C2H6/c1-6-9-7(10(11)14-6)4-3-5-8(9)15-16(2,12)13;1-2/h3-5H,1H2,2H3;1-2H3. The van der Waals surface area contributed by atoms with Crippen LogP contribution in [0.2, 0.25) is 0 Å². The van der Waals surface area contributed by atoms with Gasteiger partial charge in [-0.05, 0) is 12.1 Å². The lowest BCUT2D eigenvalue weighted by Gasteiger charge is -2.06. The molecule has 0 aromatic heterocycles. The Hall–Kier alpha value is -1.82. The van der Waals surface area contributed by atoms with Gasteiger partial charge in [-0.25, -0.2) is 4.79 Å². The Balaban J connectivity index is 0.000000771. The molecule has 0 radical (unpaired) electrons. The topological polar surface area (TPSA) is 69.7 Å². The second-order valence-corrected chi connectivity index (χ2v) is 4.85. The molecular weight excluding hydrogens is 256 g/mol. The zero-order valence-corrected chi connectivity index (χ0v) is 11.2. The highest BCUT2D eigenvalue weighted by Gasteiger charge is 2.29. The predicted octanol–water partition coefficient (Wildman–Crippen LogP) is 2.19. The van der Waals surface area contributed by atoms with Crippen molar-refractivity contribution in [2.45, 2.75) is 13.8 Å². The molecule has 0 saturated heterocycles. The van der Waals surface area contributed by atoms with Crippen LogP contribution in [0, 0.1) is 0 Å². The normalized spacial score (nSPS) is 13.3. The van der Waals surface area contributed by atoms with Crippen LogP contribution in [0.1, 0.15) is 29.8 Å². The Kier molecular flexibility index (Phi) is 4.13. The van der Waals surface area contributed by atoms with Crippen molar-refractivity contribution in [1.29, 1.82) is 0 Å². The molecule has 98 valence electrons. The molecule has 0 N–H and O–H groups in total. The van der Waals surface area contributed by atoms with Crippen LogP contribution in [-0.2, 0) is 14.9 Å². The third-order valence-electron chi connectivity index (χ3n) is 1.98. The molecule has 2 rings (SSSR count). The van der Waals surface area contributed by atoms with Gasteiger partial charge in [0.05, 0.1) is 17.4 Å². The molecule has 0 fully saturated rings. The second-order valence-electron chi connectivity index (χ2n) is 3.28. The van der Waals surface area contributed by atoms with Crippen LogP contribution in [0.3, 0.4) is 0 Å². The van der Waals surface area contributed by atoms with Crippen LogP contribution in [0.25, 0.3) is 5.76 Å². The summed E-state index contributed by atoms with van der Waals surface area (Å²) in [7, 11) is -3.65. The number of benzene rings is 1. The van der Waals surface area contributed by atoms with E-state index in [0.717, 1.165) is 6.26 Å². The van der Waals surface area contributed by atoms with Gasteiger partial charge in [-0.2, -0.15) is 8.42 Å². The highest BCUT2D eigenvalue weighted by Crippen LogP contribution is 2.36. The molecule has 18 heavy (non-hydrogen) atoms. The van der Waals surface area contributed by atoms with Crippen molar-refractivity contribution in [3.8, 4) is 5.75 Å². The van der Waals surface area contributed by atoms with E-state index in [1.54, 1.807) is 0 Å². The molecule has 1 heterocycles. The molecular formula is C12H14O5S. The van der Waals surface area contributed by atoms with E-state index < -0.39 is 16.1 Å². The summed E-state index contributed by atoms with van der Waals surface area (Å²) < 4.78 is 31.5. The first kappa shape index (κ1) is 14.2. The molecule has 0 atom stereocenters. The third-order valence-corrected chi connectivity index (χ3v) is 2.46. The van der Waals surface area contributed by atoms with Crippen molar-refractivity contribution in [2.24, 2.45) is 0 Å². The minimum atomic E-state index is -3.65. The number of hydrogen-bond acceptors (Lipinski definition) is 5. The fourth-order valence-corrected chi connectivity index (χ4v) is 1.90. The highest BCUT2D eigenvalue weighted by molar-refractivity contribution is 7.86. The second kappa shape index (κ2) is 5.22. The van der Waals surface area contributed by atoms with E-state index >= 15 is 0 Å². The van der Waals surface area contributed by atoms with Crippen molar-refractivity contribution in [1.82, 2.24) is 0 Å². The van der Waals surface area contributed by atoms with E-state index in [9.17, 15) is 13.2 Å². The Morgan fingerprint density at radius 1 is 1.28 bits per heavy atom. The highest BCUT2D eigenvalue weighted by atomic mass is 32.2. The molecule has 1 aromatic rings. The molecule has 1 aromatic carbocycles. The number of rotatable bonds is 2. The maximum Gasteiger partial charge on any atom is 0.344 e. The van der Waals surface area contributed by atoms with E-state index in [1.165, 1.54) is 18.2 Å². The van der Waals surface area contributed by atoms with Crippen molar-refractivity contribution in [3.05, 3.63) is 35.9 Å². The third kappa shape index (κ3) is 2.89.